The van der Waals surface area contributed by atoms with Gasteiger partial charge in [0.25, 0.3) is 0 Å². The molecule has 0 heterocycles. The maximum absolute atomic E-state index is 13.1. The van der Waals surface area contributed by atoms with Gasteiger partial charge in [0.2, 0.25) is 5.91 Å². The quantitative estimate of drug-likeness (QED) is 0.618. The van der Waals surface area contributed by atoms with Gasteiger partial charge in [0.05, 0.1) is 0 Å². The van der Waals surface area contributed by atoms with Gasteiger partial charge in [-0.15, -0.1) is 0 Å². The Kier molecular flexibility index (Phi) is 7.56. The Balaban J connectivity index is 2.21. The summed E-state index contributed by atoms with van der Waals surface area (Å²) in [7, 11) is 2.06. The van der Waals surface area contributed by atoms with E-state index in [1.165, 1.54) is 24.3 Å². The SMILES string of the molecule is CCC1(CCN(C)C(C)C)CC(C(N)=O)=CC=C1NC(=O)Nc1ccc(F)cc1. The van der Waals surface area contributed by atoms with Crippen LogP contribution in [0.15, 0.2) is 47.7 Å². The summed E-state index contributed by atoms with van der Waals surface area (Å²) in [6.45, 7) is 7.11. The number of primary amides is 1. The highest BCUT2D eigenvalue weighted by Crippen LogP contribution is 2.43. The third-order valence-electron chi connectivity index (χ3n) is 5.72. The topological polar surface area (TPSA) is 87.5 Å². The van der Waals surface area contributed by atoms with Crippen LogP contribution in [0.5, 0.6) is 0 Å². The van der Waals surface area contributed by atoms with Crippen LogP contribution in [0.25, 0.3) is 0 Å². The largest absolute Gasteiger partial charge is 0.366 e. The molecule has 1 aliphatic rings. The Morgan fingerprint density at radius 1 is 1.21 bits per heavy atom. The minimum atomic E-state index is -0.439. The number of carbonyl (C=O) groups is 2. The van der Waals surface area contributed by atoms with Gasteiger partial charge in [-0.3, -0.25) is 4.79 Å². The Morgan fingerprint density at radius 2 is 1.86 bits per heavy atom. The van der Waals surface area contributed by atoms with E-state index in [9.17, 15) is 14.0 Å². The Morgan fingerprint density at radius 3 is 2.41 bits per heavy atom. The van der Waals surface area contributed by atoms with Gasteiger partial charge < -0.3 is 21.3 Å². The van der Waals surface area contributed by atoms with Gasteiger partial charge in [0, 0.05) is 28.4 Å². The van der Waals surface area contributed by atoms with Crippen molar-refractivity contribution in [3.8, 4) is 0 Å². The Labute approximate surface area is 172 Å². The molecule has 6 nitrogen and oxygen atoms in total. The van der Waals surface area contributed by atoms with Gasteiger partial charge in [-0.1, -0.05) is 13.0 Å². The maximum atomic E-state index is 13.1. The molecule has 0 fully saturated rings. The van der Waals surface area contributed by atoms with E-state index in [4.69, 9.17) is 5.73 Å². The van der Waals surface area contributed by atoms with Crippen molar-refractivity contribution in [2.24, 2.45) is 11.1 Å². The molecule has 0 saturated heterocycles. The molecule has 1 unspecified atom stereocenters. The molecule has 0 bridgehead atoms. The van der Waals surface area contributed by atoms with E-state index < -0.39 is 17.4 Å². The highest BCUT2D eigenvalue weighted by Gasteiger charge is 2.37. The van der Waals surface area contributed by atoms with Crippen molar-refractivity contribution in [1.29, 1.82) is 0 Å². The number of hydrogen-bond donors (Lipinski definition) is 3. The molecule has 2 rings (SSSR count). The highest BCUT2D eigenvalue weighted by molar-refractivity contribution is 5.93. The van der Waals surface area contributed by atoms with E-state index in [2.05, 4.69) is 36.4 Å². The van der Waals surface area contributed by atoms with Crippen LogP contribution in [-0.4, -0.2) is 36.5 Å². The molecule has 7 heteroatoms. The first-order chi connectivity index (χ1) is 13.7. The number of allylic oxidation sites excluding steroid dienone is 3. The lowest BCUT2D eigenvalue weighted by atomic mass is 9.70. The predicted octanol–water partition coefficient (Wildman–Crippen LogP) is 3.77. The Hall–Kier alpha value is -2.67. The molecular formula is C22H31FN4O2. The molecule has 1 aromatic carbocycles. The highest BCUT2D eigenvalue weighted by atomic mass is 19.1. The second kappa shape index (κ2) is 9.69. The van der Waals surface area contributed by atoms with Crippen molar-refractivity contribution < 1.29 is 14.0 Å². The number of anilines is 1. The molecule has 0 radical (unpaired) electrons. The maximum Gasteiger partial charge on any atom is 0.323 e. The van der Waals surface area contributed by atoms with E-state index in [1.807, 2.05) is 6.92 Å². The minimum Gasteiger partial charge on any atom is -0.366 e. The predicted molar refractivity (Wildman–Crippen MR) is 114 cm³/mol. The number of benzene rings is 1. The first-order valence-corrected chi connectivity index (χ1v) is 9.92. The molecule has 0 saturated carbocycles. The van der Waals surface area contributed by atoms with Crippen LogP contribution in [0.1, 0.15) is 40.0 Å². The number of nitrogens with one attached hydrogen (secondary N) is 2. The zero-order valence-corrected chi connectivity index (χ0v) is 17.6. The van der Waals surface area contributed by atoms with Gasteiger partial charge in [-0.25, -0.2) is 9.18 Å². The first-order valence-electron chi connectivity index (χ1n) is 9.92. The van der Waals surface area contributed by atoms with E-state index >= 15 is 0 Å². The standard InChI is InChI=1S/C22H31FN4O2/c1-5-22(12-13-27(4)15(2)3)14-16(20(24)28)6-11-19(22)26-21(29)25-18-9-7-17(23)8-10-18/h6-11,15H,5,12-14H2,1-4H3,(H2,24,28)(H2,25,26,29). The number of carbonyl (C=O) groups excluding carboxylic acids is 2. The number of rotatable bonds is 8. The fourth-order valence-electron chi connectivity index (χ4n) is 3.40. The lowest BCUT2D eigenvalue weighted by Crippen LogP contribution is -2.42. The summed E-state index contributed by atoms with van der Waals surface area (Å²) in [5.41, 5.74) is 6.94. The van der Waals surface area contributed by atoms with Crippen LogP contribution in [0, 0.1) is 11.2 Å². The van der Waals surface area contributed by atoms with Crippen molar-refractivity contribution in [3.63, 3.8) is 0 Å². The molecular weight excluding hydrogens is 371 g/mol. The van der Waals surface area contributed by atoms with Crippen LogP contribution >= 0.6 is 0 Å². The van der Waals surface area contributed by atoms with Crippen LogP contribution in [0.3, 0.4) is 0 Å². The van der Waals surface area contributed by atoms with Crippen LogP contribution in [0.2, 0.25) is 0 Å². The normalized spacial score (nSPS) is 19.0. The first kappa shape index (κ1) is 22.6. The average molecular weight is 403 g/mol. The zero-order valence-electron chi connectivity index (χ0n) is 17.6. The summed E-state index contributed by atoms with van der Waals surface area (Å²) in [5, 5.41) is 5.65. The van der Waals surface area contributed by atoms with Crippen molar-refractivity contribution >= 4 is 17.6 Å². The molecule has 158 valence electrons. The lowest BCUT2D eigenvalue weighted by Gasteiger charge is -2.39. The van der Waals surface area contributed by atoms with Gasteiger partial charge in [0.1, 0.15) is 5.82 Å². The summed E-state index contributed by atoms with van der Waals surface area (Å²) in [6.07, 6.45) is 5.44. The Bertz CT molecular complexity index is 802. The van der Waals surface area contributed by atoms with Crippen LogP contribution in [-0.2, 0) is 4.79 Å². The molecule has 4 N–H and O–H groups in total. The zero-order chi connectivity index (χ0) is 21.6. The van der Waals surface area contributed by atoms with Crippen LogP contribution < -0.4 is 16.4 Å². The van der Waals surface area contributed by atoms with Gasteiger partial charge >= 0.3 is 6.03 Å². The average Bonchev–Trinajstić information content (AvgIpc) is 2.68. The monoisotopic (exact) mass is 402 g/mol. The molecule has 3 amide bonds. The third-order valence-corrected chi connectivity index (χ3v) is 5.72. The van der Waals surface area contributed by atoms with Gasteiger partial charge in [0.15, 0.2) is 0 Å². The minimum absolute atomic E-state index is 0.366. The smallest absolute Gasteiger partial charge is 0.323 e. The van der Waals surface area contributed by atoms with Crippen molar-refractivity contribution in [2.75, 3.05) is 18.9 Å². The summed E-state index contributed by atoms with van der Waals surface area (Å²) >= 11 is 0. The lowest BCUT2D eigenvalue weighted by molar-refractivity contribution is -0.115. The second-order valence-electron chi connectivity index (χ2n) is 7.86. The number of hydrogen-bond acceptors (Lipinski definition) is 3. The van der Waals surface area contributed by atoms with Crippen molar-refractivity contribution in [2.45, 2.75) is 46.1 Å². The number of amides is 3. The summed E-state index contributed by atoms with van der Waals surface area (Å²) in [4.78, 5) is 26.6. The van der Waals surface area contributed by atoms with E-state index in [0.29, 0.717) is 23.7 Å². The fraction of sp³-hybridized carbons (Fsp3) is 0.455. The number of halogens is 1. The number of urea groups is 1. The number of nitrogens with zero attached hydrogens (tertiary/aromatic N) is 1. The molecule has 0 aliphatic heterocycles. The fourth-order valence-corrected chi connectivity index (χ4v) is 3.40. The van der Waals surface area contributed by atoms with Crippen LogP contribution in [0.4, 0.5) is 14.9 Å². The van der Waals surface area contributed by atoms with E-state index in [-0.39, 0.29) is 5.82 Å². The molecule has 0 spiro atoms. The molecule has 1 aromatic rings. The molecule has 1 aliphatic carbocycles. The molecule has 0 aromatic heterocycles. The summed E-state index contributed by atoms with van der Waals surface area (Å²) in [5.74, 6) is -0.805. The van der Waals surface area contributed by atoms with E-state index in [0.717, 1.165) is 25.1 Å². The molecule has 29 heavy (non-hydrogen) atoms. The number of nitrogens with two attached hydrogens (primary N) is 1. The third kappa shape index (κ3) is 5.90. The van der Waals surface area contributed by atoms with Crippen molar-refractivity contribution in [1.82, 2.24) is 10.2 Å². The van der Waals surface area contributed by atoms with Crippen molar-refractivity contribution in [3.05, 3.63) is 53.5 Å². The van der Waals surface area contributed by atoms with E-state index in [1.54, 1.807) is 12.2 Å². The summed E-state index contributed by atoms with van der Waals surface area (Å²) < 4.78 is 13.1. The second-order valence-corrected chi connectivity index (χ2v) is 7.86. The molecule has 1 atom stereocenters. The summed E-state index contributed by atoms with van der Waals surface area (Å²) in [6, 6.07) is 5.56. The van der Waals surface area contributed by atoms with Gasteiger partial charge in [-0.05, 0) is 77.0 Å². The van der Waals surface area contributed by atoms with Gasteiger partial charge in [-0.2, -0.15) is 0 Å².